The Balaban J connectivity index is 1.39. The summed E-state index contributed by atoms with van der Waals surface area (Å²) in [5.74, 6) is -0.174. The molecule has 2 aromatic heterocycles. The molecule has 6 nitrogen and oxygen atoms in total. The molecule has 30 heavy (non-hydrogen) atoms. The van der Waals surface area contributed by atoms with Crippen LogP contribution in [0.25, 0.3) is 11.8 Å². The zero-order chi connectivity index (χ0) is 20.9. The van der Waals surface area contributed by atoms with Crippen LogP contribution < -0.4 is 5.32 Å². The molecule has 1 aromatic carbocycles. The number of para-hydroxylation sites is 1. The number of nitrogens with one attached hydrogen (secondary N) is 1. The minimum Gasteiger partial charge on any atom is -0.379 e. The third kappa shape index (κ3) is 4.87. The predicted molar refractivity (Wildman–Crippen MR) is 121 cm³/mol. The number of nitrogens with zero attached hydrogens (tertiary/aromatic N) is 3. The largest absolute Gasteiger partial charge is 0.379 e. The Labute approximate surface area is 180 Å². The van der Waals surface area contributed by atoms with E-state index in [0.717, 1.165) is 61.2 Å². The molecule has 3 aromatic rings. The molecule has 0 atom stereocenters. The maximum atomic E-state index is 12.4. The molecule has 0 unspecified atom stereocenters. The van der Waals surface area contributed by atoms with Crippen molar-refractivity contribution in [3.63, 3.8) is 0 Å². The zero-order valence-electron chi connectivity index (χ0n) is 17.3. The number of morpholine rings is 1. The Morgan fingerprint density at radius 3 is 2.77 bits per heavy atom. The number of aryl methyl sites for hydroxylation is 1. The molecule has 1 aliphatic heterocycles. The molecule has 156 valence electrons. The normalized spacial score (nSPS) is 15.0. The number of anilines is 1. The average Bonchev–Trinajstić information content (AvgIpc) is 3.30. The molecule has 1 saturated heterocycles. The Hall–Kier alpha value is -2.74. The molecule has 1 aliphatic rings. The van der Waals surface area contributed by atoms with Crippen molar-refractivity contribution >= 4 is 28.5 Å². The molecule has 7 heteroatoms. The quantitative estimate of drug-likeness (QED) is 0.609. The van der Waals surface area contributed by atoms with Crippen LogP contribution in [0.2, 0.25) is 0 Å². The lowest BCUT2D eigenvalue weighted by molar-refractivity contribution is -0.111. The van der Waals surface area contributed by atoms with Crippen LogP contribution in [-0.4, -0.2) is 46.7 Å². The number of hydrogen-bond acceptors (Lipinski definition) is 5. The van der Waals surface area contributed by atoms with Gasteiger partial charge in [-0.15, -0.1) is 11.3 Å². The fourth-order valence-corrected chi connectivity index (χ4v) is 4.37. The fraction of sp³-hybridized carbons (Fsp3) is 0.304. The number of hydrogen-bond donors (Lipinski definition) is 1. The average molecular weight is 423 g/mol. The van der Waals surface area contributed by atoms with Crippen LogP contribution in [0.15, 0.2) is 47.9 Å². The van der Waals surface area contributed by atoms with Crippen LogP contribution in [0.3, 0.4) is 0 Å². The van der Waals surface area contributed by atoms with Crippen molar-refractivity contribution < 1.29 is 9.53 Å². The van der Waals surface area contributed by atoms with E-state index in [1.54, 1.807) is 6.08 Å². The maximum Gasteiger partial charge on any atom is 0.250 e. The number of thiazole rings is 1. The lowest BCUT2D eigenvalue weighted by Gasteiger charge is -2.25. The van der Waals surface area contributed by atoms with Crippen LogP contribution in [0.4, 0.5) is 5.13 Å². The summed E-state index contributed by atoms with van der Waals surface area (Å²) in [4.78, 5) is 19.2. The number of amides is 1. The SMILES string of the molecule is Cc1cc(C=CC(=O)Nc2nc(CN3CCOCC3)cs2)c(C)n1-c1ccccc1. The van der Waals surface area contributed by atoms with Gasteiger partial charge in [0, 0.05) is 48.2 Å². The summed E-state index contributed by atoms with van der Waals surface area (Å²) in [7, 11) is 0. The second kappa shape index (κ2) is 9.38. The highest BCUT2D eigenvalue weighted by Gasteiger charge is 2.13. The van der Waals surface area contributed by atoms with Gasteiger partial charge in [0.05, 0.1) is 18.9 Å². The van der Waals surface area contributed by atoms with Crippen molar-refractivity contribution in [2.24, 2.45) is 0 Å². The van der Waals surface area contributed by atoms with Crippen LogP contribution in [-0.2, 0) is 16.1 Å². The topological polar surface area (TPSA) is 59.4 Å². The van der Waals surface area contributed by atoms with Crippen LogP contribution in [0.1, 0.15) is 22.6 Å². The van der Waals surface area contributed by atoms with Crippen molar-refractivity contribution in [1.82, 2.24) is 14.5 Å². The van der Waals surface area contributed by atoms with Crippen molar-refractivity contribution in [3.8, 4) is 5.69 Å². The van der Waals surface area contributed by atoms with E-state index >= 15 is 0 Å². The molecule has 1 amide bonds. The molecular weight excluding hydrogens is 396 g/mol. The molecule has 0 radical (unpaired) electrons. The summed E-state index contributed by atoms with van der Waals surface area (Å²) in [5, 5.41) is 5.50. The number of carbonyl (C=O) groups is 1. The number of ether oxygens (including phenoxy) is 1. The number of carbonyl (C=O) groups excluding carboxylic acids is 1. The van der Waals surface area contributed by atoms with Crippen molar-refractivity contribution in [1.29, 1.82) is 0 Å². The van der Waals surface area contributed by atoms with Crippen LogP contribution >= 0.6 is 11.3 Å². The van der Waals surface area contributed by atoms with Gasteiger partial charge >= 0.3 is 0 Å². The van der Waals surface area contributed by atoms with Gasteiger partial charge in [0.25, 0.3) is 0 Å². The second-order valence-electron chi connectivity index (χ2n) is 7.35. The van der Waals surface area contributed by atoms with Gasteiger partial charge in [-0.1, -0.05) is 18.2 Å². The first-order chi connectivity index (χ1) is 14.6. The van der Waals surface area contributed by atoms with Crippen LogP contribution in [0, 0.1) is 13.8 Å². The molecule has 3 heterocycles. The highest BCUT2D eigenvalue weighted by atomic mass is 32.1. The van der Waals surface area contributed by atoms with Gasteiger partial charge in [0.2, 0.25) is 5.91 Å². The summed E-state index contributed by atoms with van der Waals surface area (Å²) >= 11 is 1.46. The Kier molecular flexibility index (Phi) is 6.42. The molecular formula is C23H26N4O2S. The van der Waals surface area contributed by atoms with Gasteiger partial charge in [0.15, 0.2) is 5.13 Å². The lowest BCUT2D eigenvalue weighted by atomic mass is 10.2. The number of rotatable bonds is 6. The first kappa shape index (κ1) is 20.5. The van der Waals surface area contributed by atoms with Crippen molar-refractivity contribution in [3.05, 3.63) is 70.5 Å². The van der Waals surface area contributed by atoms with Gasteiger partial charge in [-0.2, -0.15) is 0 Å². The second-order valence-corrected chi connectivity index (χ2v) is 8.21. The molecule has 4 rings (SSSR count). The zero-order valence-corrected chi connectivity index (χ0v) is 18.1. The third-order valence-corrected chi connectivity index (χ3v) is 5.98. The molecule has 0 saturated carbocycles. The Bertz CT molecular complexity index is 1030. The number of benzene rings is 1. The smallest absolute Gasteiger partial charge is 0.250 e. The maximum absolute atomic E-state index is 12.4. The van der Waals surface area contributed by atoms with E-state index < -0.39 is 0 Å². The van der Waals surface area contributed by atoms with E-state index in [9.17, 15) is 4.79 Å². The van der Waals surface area contributed by atoms with E-state index in [1.165, 1.54) is 11.3 Å². The highest BCUT2D eigenvalue weighted by molar-refractivity contribution is 7.13. The third-order valence-electron chi connectivity index (χ3n) is 5.17. The Morgan fingerprint density at radius 1 is 1.23 bits per heavy atom. The first-order valence-corrected chi connectivity index (χ1v) is 11.0. The summed E-state index contributed by atoms with van der Waals surface area (Å²) in [6.45, 7) is 8.30. The fourth-order valence-electron chi connectivity index (χ4n) is 3.67. The Morgan fingerprint density at radius 2 is 2.00 bits per heavy atom. The van der Waals surface area contributed by atoms with Gasteiger partial charge in [-0.3, -0.25) is 15.0 Å². The molecule has 0 bridgehead atoms. The van der Waals surface area contributed by atoms with E-state index in [2.05, 4.69) is 51.8 Å². The van der Waals surface area contributed by atoms with Gasteiger partial charge < -0.3 is 9.30 Å². The summed E-state index contributed by atoms with van der Waals surface area (Å²) in [6.07, 6.45) is 3.43. The van der Waals surface area contributed by atoms with E-state index in [0.29, 0.717) is 5.13 Å². The van der Waals surface area contributed by atoms with E-state index in [4.69, 9.17) is 4.74 Å². The molecule has 0 aliphatic carbocycles. The first-order valence-electron chi connectivity index (χ1n) is 10.1. The van der Waals surface area contributed by atoms with Crippen molar-refractivity contribution in [2.75, 3.05) is 31.6 Å². The standard InChI is InChI=1S/C23H26N4O2S/c1-17-14-19(18(2)27(17)21-6-4-3-5-7-21)8-9-22(28)25-23-24-20(16-30-23)15-26-10-12-29-13-11-26/h3-9,14,16H,10-13,15H2,1-2H3,(H,24,25,28). The molecule has 0 spiro atoms. The summed E-state index contributed by atoms with van der Waals surface area (Å²) in [6, 6.07) is 12.3. The lowest BCUT2D eigenvalue weighted by Crippen LogP contribution is -2.35. The predicted octanol–water partition coefficient (Wildman–Crippen LogP) is 4.03. The monoisotopic (exact) mass is 422 g/mol. The van der Waals surface area contributed by atoms with E-state index in [1.807, 2.05) is 29.7 Å². The minimum atomic E-state index is -0.174. The highest BCUT2D eigenvalue weighted by Crippen LogP contribution is 2.22. The molecule has 1 N–H and O–H groups in total. The number of aromatic nitrogens is 2. The van der Waals surface area contributed by atoms with Gasteiger partial charge in [-0.25, -0.2) is 4.98 Å². The van der Waals surface area contributed by atoms with Crippen molar-refractivity contribution in [2.45, 2.75) is 20.4 Å². The summed E-state index contributed by atoms with van der Waals surface area (Å²) in [5.41, 5.74) is 5.36. The summed E-state index contributed by atoms with van der Waals surface area (Å²) < 4.78 is 7.57. The minimum absolute atomic E-state index is 0.174. The van der Waals surface area contributed by atoms with Gasteiger partial charge in [0.1, 0.15) is 0 Å². The molecule has 1 fully saturated rings. The van der Waals surface area contributed by atoms with Crippen LogP contribution in [0.5, 0.6) is 0 Å². The van der Waals surface area contributed by atoms with E-state index in [-0.39, 0.29) is 5.91 Å². The van der Waals surface area contributed by atoms with Gasteiger partial charge in [-0.05, 0) is 43.7 Å².